The van der Waals surface area contributed by atoms with Crippen molar-refractivity contribution in [2.45, 2.75) is 27.7 Å². The molecule has 214 valence electrons. The number of carbonyl (C=O) groups excluding carboxylic acids is 6. The minimum Gasteiger partial charge on any atom is -0.493 e. The van der Waals surface area contributed by atoms with E-state index in [-0.39, 0.29) is 11.5 Å². The molecule has 2 rings (SSSR count). The molecular weight excluding hydrogens is 536 g/mol. The SMILES string of the molecule is COC(=O)c1cc(OC)c(OC(C)=O)c(OC(C)=O)c1-c1c(C(=O)OC)cc(OC)c(OC(C)=O)c1OC(C)=O. The highest BCUT2D eigenvalue weighted by Gasteiger charge is 2.36. The molecule has 0 amide bonds. The molecule has 0 N–H and O–H groups in total. The molecule has 0 fully saturated rings. The number of hydrogen-bond acceptors (Lipinski definition) is 14. The molecule has 2 aromatic carbocycles. The third-order valence-corrected chi connectivity index (χ3v) is 4.89. The Kier molecular flexibility index (Phi) is 10.2. The molecule has 0 atom stereocenters. The summed E-state index contributed by atoms with van der Waals surface area (Å²) in [5.41, 5.74) is -1.73. The van der Waals surface area contributed by atoms with Crippen molar-refractivity contribution in [3.8, 4) is 45.6 Å². The summed E-state index contributed by atoms with van der Waals surface area (Å²) in [6, 6.07) is 2.14. The molecule has 0 aliphatic carbocycles. The van der Waals surface area contributed by atoms with Crippen LogP contribution >= 0.6 is 0 Å². The molecule has 40 heavy (non-hydrogen) atoms. The number of benzene rings is 2. The monoisotopic (exact) mass is 562 g/mol. The molecule has 0 saturated carbocycles. The summed E-state index contributed by atoms with van der Waals surface area (Å²) in [7, 11) is 4.43. The predicted octanol–water partition coefficient (Wildman–Crippen LogP) is 2.65. The van der Waals surface area contributed by atoms with E-state index >= 15 is 0 Å². The minimum atomic E-state index is -1.05. The molecule has 0 spiro atoms. The quantitative estimate of drug-likeness (QED) is 0.322. The van der Waals surface area contributed by atoms with Crippen molar-refractivity contribution in [2.24, 2.45) is 0 Å². The van der Waals surface area contributed by atoms with Crippen LogP contribution in [-0.2, 0) is 28.7 Å². The zero-order valence-electron chi connectivity index (χ0n) is 22.9. The van der Waals surface area contributed by atoms with Crippen molar-refractivity contribution in [2.75, 3.05) is 28.4 Å². The van der Waals surface area contributed by atoms with Crippen molar-refractivity contribution < 1.29 is 66.7 Å². The number of ether oxygens (including phenoxy) is 8. The first kappa shape index (κ1) is 31.1. The minimum absolute atomic E-state index is 0.252. The van der Waals surface area contributed by atoms with Gasteiger partial charge in [-0.2, -0.15) is 0 Å². The maximum absolute atomic E-state index is 13.1. The van der Waals surface area contributed by atoms with Gasteiger partial charge in [0.25, 0.3) is 0 Å². The molecule has 14 nitrogen and oxygen atoms in total. The Balaban J connectivity index is 3.44. The van der Waals surface area contributed by atoms with Crippen LogP contribution in [0.4, 0.5) is 0 Å². The summed E-state index contributed by atoms with van der Waals surface area (Å²) >= 11 is 0. The van der Waals surface area contributed by atoms with Gasteiger partial charge in [-0.1, -0.05) is 0 Å². The van der Waals surface area contributed by atoms with E-state index in [0.29, 0.717) is 0 Å². The fourth-order valence-electron chi connectivity index (χ4n) is 3.54. The van der Waals surface area contributed by atoms with Crippen LogP contribution in [-0.4, -0.2) is 64.3 Å². The van der Waals surface area contributed by atoms with Crippen molar-refractivity contribution in [3.63, 3.8) is 0 Å². The molecule has 0 aromatic heterocycles. The van der Waals surface area contributed by atoms with Gasteiger partial charge in [-0.15, -0.1) is 0 Å². The Bertz CT molecular complexity index is 1280. The van der Waals surface area contributed by atoms with E-state index < -0.39 is 81.1 Å². The van der Waals surface area contributed by atoms with Crippen LogP contribution in [0.15, 0.2) is 12.1 Å². The topological polar surface area (TPSA) is 176 Å². The Morgan fingerprint density at radius 1 is 0.475 bits per heavy atom. The van der Waals surface area contributed by atoms with Crippen molar-refractivity contribution >= 4 is 35.8 Å². The average Bonchev–Trinajstić information content (AvgIpc) is 2.88. The van der Waals surface area contributed by atoms with E-state index in [0.717, 1.165) is 54.0 Å². The molecule has 0 aliphatic rings. The van der Waals surface area contributed by atoms with E-state index in [2.05, 4.69) is 0 Å². The highest BCUT2D eigenvalue weighted by molar-refractivity contribution is 6.09. The number of methoxy groups -OCH3 is 4. The molecule has 0 bridgehead atoms. The fourth-order valence-corrected chi connectivity index (χ4v) is 3.54. The highest BCUT2D eigenvalue weighted by Crippen LogP contribution is 2.55. The Morgan fingerprint density at radius 2 is 0.750 bits per heavy atom. The smallest absolute Gasteiger partial charge is 0.338 e. The molecule has 14 heteroatoms. The molecule has 2 aromatic rings. The average molecular weight is 562 g/mol. The normalized spacial score (nSPS) is 10.1. The Labute approximate surface area is 227 Å². The Hall–Kier alpha value is -5.14. The summed E-state index contributed by atoms with van der Waals surface area (Å²) in [5.74, 6) is -8.47. The molecular formula is C26H26O14. The lowest BCUT2D eigenvalue weighted by Crippen LogP contribution is -2.16. The maximum atomic E-state index is 13.1. The standard InChI is InChI=1S/C26H26O14/c1-11(27)37-21-17(33-5)9-15(25(31)35-7)19(23(21)39-13(3)29)20-16(26(32)36-8)10-18(34-6)22(38-12(2)28)24(20)40-14(4)30/h9-10H,1-8H3. The van der Waals surface area contributed by atoms with Crippen molar-refractivity contribution in [1.29, 1.82) is 0 Å². The molecule has 0 radical (unpaired) electrons. The summed E-state index contributed by atoms with van der Waals surface area (Å²) in [4.78, 5) is 74.6. The van der Waals surface area contributed by atoms with Gasteiger partial charge in [0.2, 0.25) is 11.5 Å². The van der Waals surface area contributed by atoms with Gasteiger partial charge in [-0.05, 0) is 12.1 Å². The second kappa shape index (κ2) is 13.1. The maximum Gasteiger partial charge on any atom is 0.338 e. The van der Waals surface area contributed by atoms with E-state index in [9.17, 15) is 28.8 Å². The van der Waals surface area contributed by atoms with Crippen LogP contribution in [0, 0.1) is 0 Å². The summed E-state index contributed by atoms with van der Waals surface area (Å²) in [5, 5.41) is 0. The third-order valence-electron chi connectivity index (χ3n) is 4.89. The lowest BCUT2D eigenvalue weighted by molar-refractivity contribution is -0.134. The number of hydrogen-bond donors (Lipinski definition) is 0. The van der Waals surface area contributed by atoms with Gasteiger partial charge < -0.3 is 37.9 Å². The first-order valence-electron chi connectivity index (χ1n) is 11.2. The number of carbonyl (C=O) groups is 6. The van der Waals surface area contributed by atoms with Gasteiger partial charge in [0.1, 0.15) is 0 Å². The second-order valence-corrected chi connectivity index (χ2v) is 7.68. The van der Waals surface area contributed by atoms with Crippen LogP contribution < -0.4 is 28.4 Å². The van der Waals surface area contributed by atoms with Crippen LogP contribution in [0.5, 0.6) is 34.5 Å². The zero-order chi connectivity index (χ0) is 30.3. The van der Waals surface area contributed by atoms with Gasteiger partial charge in [0.15, 0.2) is 23.0 Å². The van der Waals surface area contributed by atoms with Gasteiger partial charge in [0, 0.05) is 38.8 Å². The molecule has 0 unspecified atom stereocenters. The highest BCUT2D eigenvalue weighted by atomic mass is 16.6. The van der Waals surface area contributed by atoms with Crippen LogP contribution in [0.2, 0.25) is 0 Å². The summed E-state index contributed by atoms with van der Waals surface area (Å²) in [6.45, 7) is 4.10. The van der Waals surface area contributed by atoms with Gasteiger partial charge >= 0.3 is 35.8 Å². The largest absolute Gasteiger partial charge is 0.493 e. The van der Waals surface area contributed by atoms with Crippen LogP contribution in [0.25, 0.3) is 11.1 Å². The first-order valence-corrected chi connectivity index (χ1v) is 11.2. The predicted molar refractivity (Wildman–Crippen MR) is 133 cm³/mol. The lowest BCUT2D eigenvalue weighted by atomic mass is 9.91. The molecule has 0 heterocycles. The van der Waals surface area contributed by atoms with Crippen molar-refractivity contribution in [3.05, 3.63) is 23.3 Å². The van der Waals surface area contributed by atoms with Gasteiger partial charge in [-0.25, -0.2) is 9.59 Å². The van der Waals surface area contributed by atoms with E-state index in [1.807, 2.05) is 0 Å². The number of esters is 6. The van der Waals surface area contributed by atoms with E-state index in [1.54, 1.807) is 0 Å². The molecule has 0 aliphatic heterocycles. The first-order chi connectivity index (χ1) is 18.8. The van der Waals surface area contributed by atoms with Crippen molar-refractivity contribution in [1.82, 2.24) is 0 Å². The van der Waals surface area contributed by atoms with Gasteiger partial charge in [-0.3, -0.25) is 19.2 Å². The molecule has 0 saturated heterocycles. The summed E-state index contributed by atoms with van der Waals surface area (Å²) in [6.07, 6.45) is 0. The lowest BCUT2D eigenvalue weighted by Gasteiger charge is -2.23. The van der Waals surface area contributed by atoms with Gasteiger partial charge in [0.05, 0.1) is 39.6 Å². The Morgan fingerprint density at radius 3 is 0.975 bits per heavy atom. The second-order valence-electron chi connectivity index (χ2n) is 7.68. The van der Waals surface area contributed by atoms with E-state index in [4.69, 9.17) is 37.9 Å². The summed E-state index contributed by atoms with van der Waals surface area (Å²) < 4.78 is 41.6. The fraction of sp³-hybridized carbons (Fsp3) is 0.308. The zero-order valence-corrected chi connectivity index (χ0v) is 22.9. The van der Waals surface area contributed by atoms with Crippen LogP contribution in [0.1, 0.15) is 48.4 Å². The van der Waals surface area contributed by atoms with E-state index in [1.165, 1.54) is 14.2 Å². The van der Waals surface area contributed by atoms with Crippen LogP contribution in [0.3, 0.4) is 0 Å². The number of rotatable bonds is 9. The third kappa shape index (κ3) is 6.64.